The van der Waals surface area contributed by atoms with E-state index < -0.39 is 11.7 Å². The summed E-state index contributed by atoms with van der Waals surface area (Å²) < 4.78 is 0. The van der Waals surface area contributed by atoms with Crippen LogP contribution < -0.4 is 0 Å². The first-order chi connectivity index (χ1) is 11.2. The maximum Gasteiger partial charge on any atom is 0.130 e. The fraction of sp³-hybridized carbons (Fsp3) is 0.810. The molecule has 4 aliphatic rings. The van der Waals surface area contributed by atoms with E-state index in [1.807, 2.05) is 6.08 Å². The molecule has 3 nitrogen and oxygen atoms in total. The van der Waals surface area contributed by atoms with E-state index in [1.54, 1.807) is 0 Å². The molecule has 3 heteroatoms. The van der Waals surface area contributed by atoms with Crippen LogP contribution in [0.15, 0.2) is 11.6 Å². The number of hydrogen-bond donors (Lipinski definition) is 3. The molecular weight excluding hydrogens is 300 g/mol. The van der Waals surface area contributed by atoms with E-state index in [0.717, 1.165) is 32.1 Å². The quantitative estimate of drug-likeness (QED) is 0.473. The first-order valence-corrected chi connectivity index (χ1v) is 9.53. The van der Waals surface area contributed by atoms with Crippen LogP contribution in [0.3, 0.4) is 0 Å². The van der Waals surface area contributed by atoms with Gasteiger partial charge < -0.3 is 15.3 Å². The lowest BCUT2D eigenvalue weighted by Gasteiger charge is -2.59. The van der Waals surface area contributed by atoms with Crippen molar-refractivity contribution >= 4 is 0 Å². The average molecular weight is 330 g/mol. The third kappa shape index (κ3) is 1.91. The summed E-state index contributed by atoms with van der Waals surface area (Å²) in [4.78, 5) is 0. The highest BCUT2D eigenvalue weighted by Gasteiger charge is 2.64. The van der Waals surface area contributed by atoms with Crippen molar-refractivity contribution in [1.82, 2.24) is 0 Å². The van der Waals surface area contributed by atoms with E-state index in [4.69, 9.17) is 6.42 Å². The second-order valence-electron chi connectivity index (χ2n) is 9.29. The Labute approximate surface area is 145 Å². The number of terminal acetylenes is 1. The van der Waals surface area contributed by atoms with Gasteiger partial charge in [-0.3, -0.25) is 0 Å². The molecule has 8 atom stereocenters. The zero-order valence-electron chi connectivity index (χ0n) is 14.8. The number of aliphatic hydroxyl groups is 3. The fourth-order valence-corrected chi connectivity index (χ4v) is 6.88. The van der Waals surface area contributed by atoms with Crippen LogP contribution in [0.25, 0.3) is 0 Å². The minimum absolute atomic E-state index is 0.0846. The molecular formula is C21H30O3. The molecule has 3 saturated carbocycles. The van der Waals surface area contributed by atoms with Crippen LogP contribution in [-0.2, 0) is 0 Å². The molecule has 4 rings (SSSR count). The standard InChI is InChI=1S/C21H30O3/c1-4-21(24)10-7-16-18-15(6-9-20(16,21)3)19(2)8-5-14(22)11-13(19)12-17(18)23/h1,12,14-18,22-24H,5-11H2,2-3H3/t14-,15?,16?,17?,18?,19+,20+,21+/m1/s1. The molecule has 132 valence electrons. The largest absolute Gasteiger partial charge is 0.393 e. The second-order valence-corrected chi connectivity index (χ2v) is 9.29. The van der Waals surface area contributed by atoms with Crippen LogP contribution in [0.2, 0.25) is 0 Å². The third-order valence-corrected chi connectivity index (χ3v) is 8.49. The average Bonchev–Trinajstić information content (AvgIpc) is 2.82. The van der Waals surface area contributed by atoms with Gasteiger partial charge in [-0.1, -0.05) is 31.4 Å². The predicted octanol–water partition coefficient (Wildman–Crippen LogP) is 2.65. The zero-order chi connectivity index (χ0) is 17.3. The smallest absolute Gasteiger partial charge is 0.130 e. The molecule has 4 unspecified atom stereocenters. The lowest BCUT2D eigenvalue weighted by Crippen LogP contribution is -2.57. The van der Waals surface area contributed by atoms with E-state index in [0.29, 0.717) is 18.8 Å². The van der Waals surface area contributed by atoms with E-state index in [9.17, 15) is 15.3 Å². The minimum Gasteiger partial charge on any atom is -0.393 e. The van der Waals surface area contributed by atoms with Gasteiger partial charge in [0.25, 0.3) is 0 Å². The van der Waals surface area contributed by atoms with Gasteiger partial charge in [0.15, 0.2) is 0 Å². The molecule has 0 aromatic carbocycles. The van der Waals surface area contributed by atoms with Gasteiger partial charge in [0, 0.05) is 5.41 Å². The van der Waals surface area contributed by atoms with Crippen molar-refractivity contribution in [1.29, 1.82) is 0 Å². The monoisotopic (exact) mass is 330 g/mol. The summed E-state index contributed by atoms with van der Waals surface area (Å²) in [6.45, 7) is 4.47. The number of rotatable bonds is 0. The minimum atomic E-state index is -1.03. The maximum absolute atomic E-state index is 11.0. The predicted molar refractivity (Wildman–Crippen MR) is 92.9 cm³/mol. The van der Waals surface area contributed by atoms with Crippen LogP contribution in [0, 0.1) is 40.9 Å². The van der Waals surface area contributed by atoms with Gasteiger partial charge in [-0.15, -0.1) is 6.42 Å². The molecule has 24 heavy (non-hydrogen) atoms. The van der Waals surface area contributed by atoms with Crippen molar-refractivity contribution in [3.05, 3.63) is 11.6 Å². The van der Waals surface area contributed by atoms with Gasteiger partial charge in [0.05, 0.1) is 12.2 Å². The lowest BCUT2D eigenvalue weighted by atomic mass is 9.46. The van der Waals surface area contributed by atoms with Gasteiger partial charge in [-0.25, -0.2) is 0 Å². The second kappa shape index (κ2) is 5.10. The molecule has 0 aliphatic heterocycles. The molecule has 0 heterocycles. The summed E-state index contributed by atoms with van der Waals surface area (Å²) in [7, 11) is 0. The number of aliphatic hydroxyl groups excluding tert-OH is 2. The van der Waals surface area contributed by atoms with E-state index in [-0.39, 0.29) is 28.8 Å². The third-order valence-electron chi connectivity index (χ3n) is 8.49. The lowest BCUT2D eigenvalue weighted by molar-refractivity contribution is -0.123. The van der Waals surface area contributed by atoms with E-state index in [1.165, 1.54) is 5.57 Å². The van der Waals surface area contributed by atoms with Crippen LogP contribution in [0.5, 0.6) is 0 Å². The van der Waals surface area contributed by atoms with E-state index in [2.05, 4.69) is 19.8 Å². The summed E-state index contributed by atoms with van der Waals surface area (Å²) in [5.74, 6) is 3.56. The molecule has 0 amide bonds. The van der Waals surface area contributed by atoms with Gasteiger partial charge in [-0.05, 0) is 68.1 Å². The summed E-state index contributed by atoms with van der Waals surface area (Å²) in [5.41, 5.74) is 0.0145. The first kappa shape index (κ1) is 16.6. The van der Waals surface area contributed by atoms with Crippen LogP contribution in [0.4, 0.5) is 0 Å². The van der Waals surface area contributed by atoms with Crippen molar-refractivity contribution in [2.75, 3.05) is 0 Å². The van der Waals surface area contributed by atoms with E-state index >= 15 is 0 Å². The summed E-state index contributed by atoms with van der Waals surface area (Å²) in [6.07, 6.45) is 13.0. The zero-order valence-corrected chi connectivity index (χ0v) is 14.8. The maximum atomic E-state index is 11.0. The topological polar surface area (TPSA) is 60.7 Å². The highest BCUT2D eigenvalue weighted by atomic mass is 16.3. The molecule has 0 aromatic heterocycles. The fourth-order valence-electron chi connectivity index (χ4n) is 6.88. The van der Waals surface area contributed by atoms with Crippen molar-refractivity contribution in [2.45, 2.75) is 76.6 Å². The van der Waals surface area contributed by atoms with Crippen LogP contribution in [0.1, 0.15) is 58.8 Å². The highest BCUT2D eigenvalue weighted by Crippen LogP contribution is 2.66. The van der Waals surface area contributed by atoms with Gasteiger partial charge in [0.2, 0.25) is 0 Å². The van der Waals surface area contributed by atoms with Gasteiger partial charge in [-0.2, -0.15) is 0 Å². The number of fused-ring (bicyclic) bond motifs is 5. The SMILES string of the molecule is C#C[C@]1(O)CCC2C3C(O)C=C4C[C@H](O)CC[C@]4(C)C3CC[C@@]21C. The molecule has 4 aliphatic carbocycles. The molecule has 0 spiro atoms. The van der Waals surface area contributed by atoms with Crippen molar-refractivity contribution in [2.24, 2.45) is 28.6 Å². The Hall–Kier alpha value is -0.820. The number of hydrogen-bond acceptors (Lipinski definition) is 3. The Kier molecular flexibility index (Phi) is 3.53. The van der Waals surface area contributed by atoms with Crippen LogP contribution in [-0.4, -0.2) is 33.1 Å². The Bertz CT molecular complexity index is 619. The Morgan fingerprint density at radius 2 is 1.79 bits per heavy atom. The van der Waals surface area contributed by atoms with Crippen molar-refractivity contribution in [3.63, 3.8) is 0 Å². The van der Waals surface area contributed by atoms with Gasteiger partial charge in [0.1, 0.15) is 5.60 Å². The molecule has 0 aromatic rings. The van der Waals surface area contributed by atoms with Crippen molar-refractivity contribution in [3.8, 4) is 12.3 Å². The molecule has 0 radical (unpaired) electrons. The van der Waals surface area contributed by atoms with Gasteiger partial charge >= 0.3 is 0 Å². The van der Waals surface area contributed by atoms with Crippen LogP contribution >= 0.6 is 0 Å². The first-order valence-electron chi connectivity index (χ1n) is 9.53. The summed E-state index contributed by atoms with van der Waals surface area (Å²) >= 11 is 0. The Balaban J connectivity index is 1.75. The Morgan fingerprint density at radius 3 is 2.50 bits per heavy atom. The molecule has 0 saturated heterocycles. The molecule has 3 N–H and O–H groups in total. The molecule has 3 fully saturated rings. The van der Waals surface area contributed by atoms with Crippen molar-refractivity contribution < 1.29 is 15.3 Å². The summed E-state index contributed by atoms with van der Waals surface area (Å²) in [5, 5.41) is 32.0. The molecule has 0 bridgehead atoms. The normalized spacial score (nSPS) is 56.5. The highest BCUT2D eigenvalue weighted by molar-refractivity contribution is 5.30. The Morgan fingerprint density at radius 1 is 1.08 bits per heavy atom. The summed E-state index contributed by atoms with van der Waals surface area (Å²) in [6, 6.07) is 0.